The van der Waals surface area contributed by atoms with Crippen LogP contribution in [0.1, 0.15) is 16.3 Å². The molecule has 0 spiro atoms. The number of para-hydroxylation sites is 2. The third-order valence-corrected chi connectivity index (χ3v) is 4.05. The fraction of sp³-hybridized carbons (Fsp3) is 0.118. The molecule has 1 amide bonds. The number of nitro groups is 1. The zero-order valence-electron chi connectivity index (χ0n) is 14.2. The van der Waals surface area contributed by atoms with Crippen molar-refractivity contribution in [3.63, 3.8) is 0 Å². The molecule has 0 saturated carbocycles. The van der Waals surface area contributed by atoms with Gasteiger partial charge in [-0.2, -0.15) is 5.10 Å². The topological polar surface area (TPSA) is 121 Å². The van der Waals surface area contributed by atoms with E-state index in [1.54, 1.807) is 10.6 Å². The predicted octanol–water partition coefficient (Wildman–Crippen LogP) is 2.57. The minimum atomic E-state index is -0.526. The number of anilines is 1. The molecule has 27 heavy (non-hydrogen) atoms. The minimum absolute atomic E-state index is 0.110. The van der Waals surface area contributed by atoms with Crippen molar-refractivity contribution in [2.75, 3.05) is 5.32 Å². The molecule has 0 aliphatic rings. The van der Waals surface area contributed by atoms with Crippen LogP contribution in [-0.2, 0) is 13.6 Å². The van der Waals surface area contributed by atoms with E-state index in [1.807, 2.05) is 31.3 Å². The lowest BCUT2D eigenvalue weighted by molar-refractivity contribution is -0.385. The second kappa shape index (κ2) is 6.41. The highest BCUT2D eigenvalue weighted by Gasteiger charge is 2.16. The Labute approximate surface area is 152 Å². The lowest BCUT2D eigenvalue weighted by Crippen LogP contribution is -2.14. The normalized spacial score (nSPS) is 11.0. The number of hydrogen-bond donors (Lipinski definition) is 1. The molecule has 3 heterocycles. The molecular weight excluding hydrogens is 352 g/mol. The van der Waals surface area contributed by atoms with Crippen LogP contribution < -0.4 is 5.32 Å². The van der Waals surface area contributed by atoms with Gasteiger partial charge in [0.2, 0.25) is 5.95 Å². The number of furan rings is 1. The monoisotopic (exact) mass is 366 g/mol. The summed E-state index contributed by atoms with van der Waals surface area (Å²) >= 11 is 0. The number of carbonyl (C=O) groups excluding carboxylic acids is 1. The summed E-state index contributed by atoms with van der Waals surface area (Å²) < 4.78 is 8.67. The first-order valence-corrected chi connectivity index (χ1v) is 7.99. The summed E-state index contributed by atoms with van der Waals surface area (Å²) in [6.45, 7) is 0.174. The van der Waals surface area contributed by atoms with Crippen molar-refractivity contribution in [3.8, 4) is 0 Å². The highest BCUT2D eigenvalue weighted by atomic mass is 16.6. The van der Waals surface area contributed by atoms with Crippen molar-refractivity contribution in [2.45, 2.75) is 6.54 Å². The Morgan fingerprint density at radius 1 is 1.30 bits per heavy atom. The third-order valence-electron chi connectivity index (χ3n) is 4.05. The molecule has 3 aromatic heterocycles. The third kappa shape index (κ3) is 3.15. The summed E-state index contributed by atoms with van der Waals surface area (Å²) in [7, 11) is 1.81. The second-order valence-electron chi connectivity index (χ2n) is 5.86. The molecule has 0 atom stereocenters. The van der Waals surface area contributed by atoms with Gasteiger partial charge >= 0.3 is 5.69 Å². The van der Waals surface area contributed by atoms with Crippen LogP contribution in [0.2, 0.25) is 0 Å². The zero-order chi connectivity index (χ0) is 19.0. The van der Waals surface area contributed by atoms with Gasteiger partial charge in [0.25, 0.3) is 5.91 Å². The van der Waals surface area contributed by atoms with Gasteiger partial charge in [-0.05, 0) is 24.3 Å². The summed E-state index contributed by atoms with van der Waals surface area (Å²) in [5.74, 6) is 0.523. The number of benzene rings is 1. The molecule has 0 aliphatic heterocycles. The Morgan fingerprint density at radius 2 is 2.11 bits per heavy atom. The van der Waals surface area contributed by atoms with Crippen LogP contribution in [0.3, 0.4) is 0 Å². The van der Waals surface area contributed by atoms with Gasteiger partial charge in [-0.15, -0.1) is 0 Å². The van der Waals surface area contributed by atoms with Crippen LogP contribution in [-0.4, -0.2) is 30.2 Å². The van der Waals surface area contributed by atoms with E-state index in [0.717, 1.165) is 17.2 Å². The van der Waals surface area contributed by atoms with Crippen molar-refractivity contribution in [2.24, 2.45) is 7.05 Å². The number of aromatic nitrogens is 4. The van der Waals surface area contributed by atoms with Gasteiger partial charge in [-0.25, -0.2) is 4.98 Å². The standard InChI is InChI=1S/C17H14N6O4/c1-21-14-5-3-2-4-13(14)19-17(21)20-16(24)15-7-6-12(27-15)10-22-9-11(8-18-22)23(25)26/h2-9H,10H2,1H3,(H,19,20,24). The SMILES string of the molecule is Cn1c(NC(=O)c2ccc(Cn3cc([N+](=O)[O-])cn3)o2)nc2ccccc21. The first kappa shape index (κ1) is 16.5. The highest BCUT2D eigenvalue weighted by molar-refractivity contribution is 6.02. The molecule has 0 radical (unpaired) electrons. The average Bonchev–Trinajstić information content (AvgIpc) is 3.36. The van der Waals surface area contributed by atoms with Crippen LogP contribution in [0.15, 0.2) is 53.2 Å². The molecule has 1 aromatic carbocycles. The largest absolute Gasteiger partial charge is 0.454 e. The van der Waals surface area contributed by atoms with E-state index in [0.29, 0.717) is 11.7 Å². The van der Waals surface area contributed by atoms with Gasteiger partial charge in [0, 0.05) is 7.05 Å². The number of rotatable bonds is 5. The quantitative estimate of drug-likeness (QED) is 0.428. The molecular formula is C17H14N6O4. The van der Waals surface area contributed by atoms with Crippen molar-refractivity contribution in [3.05, 3.63) is 70.4 Å². The number of fused-ring (bicyclic) bond motifs is 1. The lowest BCUT2D eigenvalue weighted by Gasteiger charge is -2.03. The summed E-state index contributed by atoms with van der Waals surface area (Å²) in [5.41, 5.74) is 1.56. The van der Waals surface area contributed by atoms with Gasteiger partial charge < -0.3 is 8.98 Å². The number of carbonyl (C=O) groups is 1. The first-order chi connectivity index (χ1) is 13.0. The van der Waals surface area contributed by atoms with E-state index in [1.165, 1.54) is 16.9 Å². The molecule has 0 fully saturated rings. The molecule has 4 aromatic rings. The Morgan fingerprint density at radius 3 is 2.85 bits per heavy atom. The molecule has 4 rings (SSSR count). The summed E-state index contributed by atoms with van der Waals surface area (Å²) in [5, 5.41) is 17.3. The van der Waals surface area contributed by atoms with E-state index >= 15 is 0 Å². The maximum absolute atomic E-state index is 12.4. The Kier molecular flexibility index (Phi) is 3.92. The van der Waals surface area contributed by atoms with Gasteiger partial charge in [-0.3, -0.25) is 24.9 Å². The highest BCUT2D eigenvalue weighted by Crippen LogP contribution is 2.19. The van der Waals surface area contributed by atoms with Crippen LogP contribution >= 0.6 is 0 Å². The van der Waals surface area contributed by atoms with Crippen LogP contribution in [0, 0.1) is 10.1 Å². The van der Waals surface area contributed by atoms with Crippen molar-refractivity contribution in [1.82, 2.24) is 19.3 Å². The van der Waals surface area contributed by atoms with Gasteiger partial charge in [-0.1, -0.05) is 12.1 Å². The second-order valence-corrected chi connectivity index (χ2v) is 5.86. The number of amides is 1. The number of imidazole rings is 1. The summed E-state index contributed by atoms with van der Waals surface area (Å²) in [4.78, 5) is 27.0. The maximum atomic E-state index is 12.4. The Hall–Kier alpha value is -3.95. The van der Waals surface area contributed by atoms with E-state index in [4.69, 9.17) is 4.42 Å². The zero-order valence-corrected chi connectivity index (χ0v) is 14.2. The molecule has 0 saturated heterocycles. The van der Waals surface area contributed by atoms with E-state index in [9.17, 15) is 14.9 Å². The van der Waals surface area contributed by atoms with E-state index in [2.05, 4.69) is 15.4 Å². The first-order valence-electron chi connectivity index (χ1n) is 7.99. The molecule has 0 bridgehead atoms. The lowest BCUT2D eigenvalue weighted by atomic mass is 10.3. The summed E-state index contributed by atoms with van der Waals surface area (Å²) in [6.07, 6.45) is 2.45. The molecule has 0 unspecified atom stereocenters. The van der Waals surface area contributed by atoms with Crippen LogP contribution in [0.5, 0.6) is 0 Å². The number of nitrogens with one attached hydrogen (secondary N) is 1. The average molecular weight is 366 g/mol. The van der Waals surface area contributed by atoms with Crippen molar-refractivity contribution in [1.29, 1.82) is 0 Å². The summed E-state index contributed by atoms with van der Waals surface area (Å²) in [6, 6.07) is 10.7. The minimum Gasteiger partial charge on any atom is -0.454 e. The van der Waals surface area contributed by atoms with Crippen LogP contribution in [0.25, 0.3) is 11.0 Å². The Balaban J connectivity index is 1.49. The fourth-order valence-corrected chi connectivity index (χ4v) is 2.70. The molecule has 136 valence electrons. The van der Waals surface area contributed by atoms with Crippen molar-refractivity contribution >= 4 is 28.6 Å². The molecule has 10 heteroatoms. The van der Waals surface area contributed by atoms with E-state index in [-0.39, 0.29) is 18.0 Å². The van der Waals surface area contributed by atoms with Crippen molar-refractivity contribution < 1.29 is 14.1 Å². The molecule has 0 aliphatic carbocycles. The predicted molar refractivity (Wildman–Crippen MR) is 95.4 cm³/mol. The number of hydrogen-bond acceptors (Lipinski definition) is 6. The van der Waals surface area contributed by atoms with Gasteiger partial charge in [0.1, 0.15) is 18.2 Å². The van der Waals surface area contributed by atoms with E-state index < -0.39 is 10.8 Å². The van der Waals surface area contributed by atoms with Gasteiger partial charge in [0.05, 0.1) is 22.5 Å². The number of nitrogens with zero attached hydrogens (tertiary/aromatic N) is 5. The molecule has 10 nitrogen and oxygen atoms in total. The maximum Gasteiger partial charge on any atom is 0.307 e. The number of aryl methyl sites for hydroxylation is 1. The van der Waals surface area contributed by atoms with Crippen LogP contribution in [0.4, 0.5) is 11.6 Å². The Bertz CT molecular complexity index is 1160. The van der Waals surface area contributed by atoms with Gasteiger partial charge in [0.15, 0.2) is 5.76 Å². The smallest absolute Gasteiger partial charge is 0.307 e. The molecule has 1 N–H and O–H groups in total. The fourth-order valence-electron chi connectivity index (χ4n) is 2.70.